The number of esters is 4. The molecular formula is C32H58O13. The zero-order valence-electron chi connectivity index (χ0n) is 28.9. The highest BCUT2D eigenvalue weighted by atomic mass is 16.6. The molecule has 0 radical (unpaired) electrons. The molecule has 0 aromatic rings. The van der Waals surface area contributed by atoms with Crippen molar-refractivity contribution in [2.24, 2.45) is 11.8 Å². The first-order chi connectivity index (χ1) is 20.8. The zero-order valence-corrected chi connectivity index (χ0v) is 28.9. The zero-order chi connectivity index (χ0) is 34.8. The van der Waals surface area contributed by atoms with E-state index < -0.39 is 59.5 Å². The van der Waals surface area contributed by atoms with Crippen LogP contribution in [-0.2, 0) is 52.3 Å². The fraction of sp³-hybridized carbons (Fsp3) is 0.875. The van der Waals surface area contributed by atoms with Gasteiger partial charge in [0.1, 0.15) is 26.4 Å². The summed E-state index contributed by atoms with van der Waals surface area (Å²) in [5.41, 5.74) is -2.55. The molecule has 2 N–H and O–H groups in total. The molecule has 0 aliphatic carbocycles. The predicted molar refractivity (Wildman–Crippen MR) is 164 cm³/mol. The lowest BCUT2D eigenvalue weighted by Gasteiger charge is -2.27. The molecule has 0 spiro atoms. The number of rotatable bonds is 24. The van der Waals surface area contributed by atoms with Crippen LogP contribution >= 0.6 is 0 Å². The van der Waals surface area contributed by atoms with E-state index in [2.05, 4.69) is 0 Å². The van der Waals surface area contributed by atoms with Gasteiger partial charge in [0.25, 0.3) is 0 Å². The van der Waals surface area contributed by atoms with E-state index in [9.17, 15) is 29.4 Å². The molecule has 0 saturated heterocycles. The van der Waals surface area contributed by atoms with E-state index in [0.29, 0.717) is 12.8 Å². The van der Waals surface area contributed by atoms with E-state index >= 15 is 0 Å². The summed E-state index contributed by atoms with van der Waals surface area (Å²) < 4.78 is 37.8. The van der Waals surface area contributed by atoms with Crippen molar-refractivity contribution in [1.82, 2.24) is 0 Å². The molecule has 0 aliphatic rings. The van der Waals surface area contributed by atoms with Crippen LogP contribution in [0.2, 0.25) is 0 Å². The standard InChI is InChI=1S/C32H58O13/c1-11-25(33)19-42-29(37)31(7,8)44-23(5)17-40-27(35)13-21(3)15-39-16-22(4)14-28(36)41-18-24(6)45-32(9,10)30(38)43-20-26(34)12-2/h21-26,33-34H,11-20H2,1-10H3. The summed E-state index contributed by atoms with van der Waals surface area (Å²) in [4.78, 5) is 49.0. The van der Waals surface area contributed by atoms with Crippen LogP contribution in [0.25, 0.3) is 0 Å². The van der Waals surface area contributed by atoms with Crippen LogP contribution < -0.4 is 0 Å². The SMILES string of the molecule is CCC(O)COC(=O)C(C)(C)OC(C)COC(=O)CC(C)COCC(C)CC(=O)OCC(C)OC(C)(C)C(=O)OCC(O)CC. The summed E-state index contributed by atoms with van der Waals surface area (Å²) in [6.07, 6.45) is -1.45. The summed E-state index contributed by atoms with van der Waals surface area (Å²) in [6, 6.07) is 0. The maximum absolute atomic E-state index is 12.3. The largest absolute Gasteiger partial charge is 0.463 e. The number of aliphatic hydroxyl groups excluding tert-OH is 2. The van der Waals surface area contributed by atoms with Gasteiger partial charge in [-0.3, -0.25) is 9.59 Å². The highest BCUT2D eigenvalue weighted by Gasteiger charge is 2.34. The first-order valence-electron chi connectivity index (χ1n) is 15.8. The predicted octanol–water partition coefficient (Wildman–Crippen LogP) is 3.14. The number of ether oxygens (including phenoxy) is 7. The highest BCUT2D eigenvalue weighted by molar-refractivity contribution is 5.79. The summed E-state index contributed by atoms with van der Waals surface area (Å²) in [5.74, 6) is -2.38. The number of hydrogen-bond acceptors (Lipinski definition) is 13. The number of carbonyl (C=O) groups excluding carboxylic acids is 4. The van der Waals surface area contributed by atoms with Crippen molar-refractivity contribution in [2.45, 2.75) is 131 Å². The molecule has 0 bridgehead atoms. The lowest BCUT2D eigenvalue weighted by atomic mass is 10.1. The second-order valence-electron chi connectivity index (χ2n) is 12.7. The first kappa shape index (κ1) is 42.7. The van der Waals surface area contributed by atoms with Crippen molar-refractivity contribution >= 4 is 23.9 Å². The third-order valence-corrected chi connectivity index (χ3v) is 6.52. The lowest BCUT2D eigenvalue weighted by Crippen LogP contribution is -2.41. The molecule has 0 saturated carbocycles. The minimum atomic E-state index is -1.28. The summed E-state index contributed by atoms with van der Waals surface area (Å²) >= 11 is 0. The normalized spacial score (nSPS) is 16.1. The molecule has 0 aliphatic heterocycles. The molecule has 0 amide bonds. The average molecular weight is 651 g/mol. The van der Waals surface area contributed by atoms with Gasteiger partial charge in [-0.05, 0) is 66.2 Å². The number of hydrogen-bond donors (Lipinski definition) is 2. The van der Waals surface area contributed by atoms with E-state index in [-0.39, 0.29) is 64.3 Å². The Hall–Kier alpha value is -2.32. The van der Waals surface area contributed by atoms with Crippen LogP contribution in [0.4, 0.5) is 0 Å². The van der Waals surface area contributed by atoms with E-state index in [0.717, 1.165) is 0 Å². The van der Waals surface area contributed by atoms with Crippen molar-refractivity contribution in [3.8, 4) is 0 Å². The fourth-order valence-electron chi connectivity index (χ4n) is 3.79. The average Bonchev–Trinajstić information content (AvgIpc) is 2.95. The molecule has 45 heavy (non-hydrogen) atoms. The molecule has 0 fully saturated rings. The Kier molecular flexibility index (Phi) is 20.4. The van der Waals surface area contributed by atoms with Gasteiger partial charge in [-0.1, -0.05) is 27.7 Å². The van der Waals surface area contributed by atoms with Crippen molar-refractivity contribution in [3.05, 3.63) is 0 Å². The van der Waals surface area contributed by atoms with Gasteiger partial charge in [0.2, 0.25) is 0 Å². The van der Waals surface area contributed by atoms with Gasteiger partial charge in [-0.2, -0.15) is 0 Å². The van der Waals surface area contributed by atoms with Gasteiger partial charge in [0.05, 0.1) is 37.3 Å². The summed E-state index contributed by atoms with van der Waals surface area (Å²) in [7, 11) is 0. The van der Waals surface area contributed by atoms with E-state index in [1.54, 1.807) is 55.4 Å². The van der Waals surface area contributed by atoms with Gasteiger partial charge in [-0.25, -0.2) is 9.59 Å². The Labute approximate surface area is 268 Å². The monoisotopic (exact) mass is 650 g/mol. The molecule has 0 aromatic heterocycles. The lowest BCUT2D eigenvalue weighted by molar-refractivity contribution is -0.181. The summed E-state index contributed by atoms with van der Waals surface area (Å²) in [6.45, 7) is 17.0. The maximum atomic E-state index is 12.3. The van der Waals surface area contributed by atoms with Crippen LogP contribution in [0.3, 0.4) is 0 Å². The number of carbonyl (C=O) groups is 4. The van der Waals surface area contributed by atoms with Crippen LogP contribution in [-0.4, -0.2) is 109 Å². The van der Waals surface area contributed by atoms with Gasteiger partial charge >= 0.3 is 23.9 Å². The fourth-order valence-corrected chi connectivity index (χ4v) is 3.79. The van der Waals surface area contributed by atoms with Crippen LogP contribution in [0, 0.1) is 11.8 Å². The Morgan fingerprint density at radius 1 is 0.556 bits per heavy atom. The van der Waals surface area contributed by atoms with E-state index in [4.69, 9.17) is 33.2 Å². The quantitative estimate of drug-likeness (QED) is 0.115. The molecule has 0 rings (SSSR count). The van der Waals surface area contributed by atoms with Gasteiger partial charge in [0.15, 0.2) is 11.2 Å². The highest BCUT2D eigenvalue weighted by Crippen LogP contribution is 2.17. The van der Waals surface area contributed by atoms with E-state index in [1.165, 1.54) is 0 Å². The summed E-state index contributed by atoms with van der Waals surface area (Å²) in [5, 5.41) is 19.1. The first-order valence-corrected chi connectivity index (χ1v) is 15.8. The maximum Gasteiger partial charge on any atom is 0.337 e. The molecule has 13 heteroatoms. The number of aliphatic hydroxyl groups is 2. The Balaban J connectivity index is 4.28. The molecule has 0 heterocycles. The Bertz CT molecular complexity index is 818. The minimum Gasteiger partial charge on any atom is -0.463 e. The second-order valence-corrected chi connectivity index (χ2v) is 12.7. The van der Waals surface area contributed by atoms with Crippen LogP contribution in [0.1, 0.15) is 94.9 Å². The van der Waals surface area contributed by atoms with Crippen molar-refractivity contribution in [2.75, 3.05) is 39.6 Å². The van der Waals surface area contributed by atoms with Crippen LogP contribution in [0.5, 0.6) is 0 Å². The second kappa shape index (κ2) is 21.5. The van der Waals surface area contributed by atoms with Gasteiger partial charge in [-0.15, -0.1) is 0 Å². The Morgan fingerprint density at radius 3 is 1.20 bits per heavy atom. The van der Waals surface area contributed by atoms with Gasteiger partial charge in [0, 0.05) is 13.2 Å². The smallest absolute Gasteiger partial charge is 0.337 e. The third kappa shape index (κ3) is 19.7. The molecule has 264 valence electrons. The Morgan fingerprint density at radius 2 is 0.889 bits per heavy atom. The molecular weight excluding hydrogens is 592 g/mol. The molecule has 0 aromatic carbocycles. The minimum absolute atomic E-state index is 0.0474. The molecule has 6 atom stereocenters. The molecule has 6 unspecified atom stereocenters. The van der Waals surface area contributed by atoms with E-state index in [1.807, 2.05) is 13.8 Å². The van der Waals surface area contributed by atoms with Crippen molar-refractivity contribution in [1.29, 1.82) is 0 Å². The molecule has 13 nitrogen and oxygen atoms in total. The van der Waals surface area contributed by atoms with Crippen LogP contribution in [0.15, 0.2) is 0 Å². The topological polar surface area (TPSA) is 173 Å². The van der Waals surface area contributed by atoms with Gasteiger partial charge < -0.3 is 43.4 Å². The third-order valence-electron chi connectivity index (χ3n) is 6.52. The van der Waals surface area contributed by atoms with Crippen molar-refractivity contribution in [3.63, 3.8) is 0 Å². The van der Waals surface area contributed by atoms with Crippen molar-refractivity contribution < 1.29 is 62.5 Å².